The Morgan fingerprint density at radius 3 is 2.42 bits per heavy atom. The van der Waals surface area contributed by atoms with Gasteiger partial charge in [-0.2, -0.15) is 0 Å². The van der Waals surface area contributed by atoms with Gasteiger partial charge in [-0.3, -0.25) is 0 Å². The number of furan rings is 1. The zero-order chi connectivity index (χ0) is 26.2. The van der Waals surface area contributed by atoms with Crippen molar-refractivity contribution in [1.29, 1.82) is 0 Å². The summed E-state index contributed by atoms with van der Waals surface area (Å²) in [5.74, 6) is 1.00. The van der Waals surface area contributed by atoms with Crippen molar-refractivity contribution in [1.82, 2.24) is 4.98 Å². The minimum absolute atomic E-state index is 0.0192. The van der Waals surface area contributed by atoms with Gasteiger partial charge in [0.2, 0.25) is 0 Å². The molecule has 4 heteroatoms. The van der Waals surface area contributed by atoms with Gasteiger partial charge in [-0.05, 0) is 61.7 Å². The third-order valence-corrected chi connectivity index (χ3v) is 9.64. The first-order valence-electron chi connectivity index (χ1n) is 13.7. The van der Waals surface area contributed by atoms with Crippen molar-refractivity contribution in [2.45, 2.75) is 52.1 Å². The first kappa shape index (κ1) is 23.1. The van der Waals surface area contributed by atoms with E-state index in [1.165, 1.54) is 11.3 Å². The topological polar surface area (TPSA) is 32.5 Å². The van der Waals surface area contributed by atoms with Gasteiger partial charge in [-0.15, -0.1) is 6.58 Å². The smallest absolute Gasteiger partial charge is 0.158 e. The summed E-state index contributed by atoms with van der Waals surface area (Å²) >= 11 is 0. The lowest BCUT2D eigenvalue weighted by Gasteiger charge is -2.59. The number of benzene rings is 3. The first-order valence-corrected chi connectivity index (χ1v) is 13.7. The van der Waals surface area contributed by atoms with Crippen molar-refractivity contribution < 1.29 is 4.42 Å². The van der Waals surface area contributed by atoms with Gasteiger partial charge in [-0.1, -0.05) is 63.2 Å². The number of hydrogen-bond donors (Lipinski definition) is 0. The van der Waals surface area contributed by atoms with Crippen molar-refractivity contribution >= 4 is 44.8 Å². The van der Waals surface area contributed by atoms with E-state index in [2.05, 4.69) is 117 Å². The highest BCUT2D eigenvalue weighted by Gasteiger charge is 2.61. The van der Waals surface area contributed by atoms with Crippen LogP contribution in [0.4, 0.5) is 22.9 Å². The van der Waals surface area contributed by atoms with E-state index in [9.17, 15) is 0 Å². The third kappa shape index (κ3) is 2.63. The predicted octanol–water partition coefficient (Wildman–Crippen LogP) is 9.17. The van der Waals surface area contributed by atoms with Gasteiger partial charge in [0.15, 0.2) is 5.82 Å². The average Bonchev–Trinajstić information content (AvgIpc) is 3.51. The zero-order valence-electron chi connectivity index (χ0n) is 22.5. The van der Waals surface area contributed by atoms with Crippen LogP contribution in [-0.4, -0.2) is 11.1 Å². The Morgan fingerprint density at radius 1 is 0.868 bits per heavy atom. The molecule has 0 spiro atoms. The number of rotatable bonds is 4. The Balaban J connectivity index is 1.56. The molecule has 7 rings (SSSR count). The van der Waals surface area contributed by atoms with Gasteiger partial charge in [0.1, 0.15) is 17.3 Å². The highest BCUT2D eigenvalue weighted by molar-refractivity contribution is 6.07. The van der Waals surface area contributed by atoms with Crippen LogP contribution in [0.3, 0.4) is 0 Å². The molecule has 38 heavy (non-hydrogen) atoms. The maximum atomic E-state index is 6.45. The second-order valence-electron chi connectivity index (χ2n) is 11.0. The van der Waals surface area contributed by atoms with E-state index in [0.717, 1.165) is 57.5 Å². The quantitative estimate of drug-likeness (QED) is 0.231. The lowest BCUT2D eigenvalue weighted by molar-refractivity contribution is 0.120. The van der Waals surface area contributed by atoms with Crippen LogP contribution in [-0.2, 0) is 5.41 Å². The lowest BCUT2D eigenvalue weighted by Crippen LogP contribution is -2.62. The van der Waals surface area contributed by atoms with Gasteiger partial charge in [-0.25, -0.2) is 4.98 Å². The van der Waals surface area contributed by atoms with Gasteiger partial charge >= 0.3 is 0 Å². The summed E-state index contributed by atoms with van der Waals surface area (Å²) in [5.41, 5.74) is 7.50. The van der Waals surface area contributed by atoms with Crippen LogP contribution >= 0.6 is 0 Å². The molecule has 0 aliphatic carbocycles. The van der Waals surface area contributed by atoms with Gasteiger partial charge in [0.05, 0.1) is 5.69 Å². The Labute approximate surface area is 224 Å². The van der Waals surface area contributed by atoms with Crippen molar-refractivity contribution in [2.75, 3.05) is 9.80 Å². The normalized spacial score (nSPS) is 23.9. The summed E-state index contributed by atoms with van der Waals surface area (Å²) in [6.07, 6.45) is 6.11. The van der Waals surface area contributed by atoms with Crippen LogP contribution in [0.2, 0.25) is 0 Å². The molecule has 3 unspecified atom stereocenters. The van der Waals surface area contributed by atoms with Crippen molar-refractivity contribution in [2.24, 2.45) is 5.41 Å². The van der Waals surface area contributed by atoms with Crippen LogP contribution in [0.5, 0.6) is 0 Å². The molecule has 5 aromatic rings. The second-order valence-corrected chi connectivity index (χ2v) is 11.0. The molecule has 4 heterocycles. The molecule has 0 saturated carbocycles. The molecule has 0 N–H and O–H groups in total. The molecule has 2 aliphatic heterocycles. The number of anilines is 4. The highest BCUT2D eigenvalue weighted by Crippen LogP contribution is 2.64. The van der Waals surface area contributed by atoms with Crippen molar-refractivity contribution in [3.05, 3.63) is 103 Å². The van der Waals surface area contributed by atoms with E-state index >= 15 is 0 Å². The summed E-state index contributed by atoms with van der Waals surface area (Å²) in [4.78, 5) is 9.98. The number of allylic oxidation sites excluding steroid dienone is 1. The zero-order valence-corrected chi connectivity index (χ0v) is 22.5. The van der Waals surface area contributed by atoms with E-state index in [1.54, 1.807) is 0 Å². The average molecular weight is 500 g/mol. The van der Waals surface area contributed by atoms with Gasteiger partial charge in [0, 0.05) is 44.7 Å². The molecule has 4 nitrogen and oxygen atoms in total. The number of aryl methyl sites for hydroxylation is 1. The van der Waals surface area contributed by atoms with Gasteiger partial charge < -0.3 is 14.2 Å². The number of fused-ring (bicyclic) bond motifs is 8. The molecular weight excluding hydrogens is 466 g/mol. The Bertz CT molecular complexity index is 1730. The third-order valence-electron chi connectivity index (χ3n) is 9.64. The fourth-order valence-corrected chi connectivity index (χ4v) is 7.56. The highest BCUT2D eigenvalue weighted by atomic mass is 16.3. The number of hydrogen-bond acceptors (Lipinski definition) is 4. The fraction of sp³-hybridized carbons (Fsp3) is 0.265. The summed E-state index contributed by atoms with van der Waals surface area (Å²) in [6, 6.07) is 25.9. The van der Waals surface area contributed by atoms with Crippen molar-refractivity contribution in [3.8, 4) is 0 Å². The molecule has 0 fully saturated rings. The summed E-state index contributed by atoms with van der Waals surface area (Å²) in [5, 5.41) is 2.31. The van der Waals surface area contributed by atoms with Crippen LogP contribution in [0.15, 0.2) is 96.1 Å². The molecule has 0 amide bonds. The van der Waals surface area contributed by atoms with E-state index in [4.69, 9.17) is 9.40 Å². The summed E-state index contributed by atoms with van der Waals surface area (Å²) < 4.78 is 6.45. The molecule has 2 aromatic heterocycles. The Morgan fingerprint density at radius 2 is 1.63 bits per heavy atom. The minimum atomic E-state index is -0.197. The predicted molar refractivity (Wildman–Crippen MR) is 158 cm³/mol. The maximum absolute atomic E-state index is 6.45. The number of pyridine rings is 1. The Hall–Kier alpha value is -4.05. The van der Waals surface area contributed by atoms with Crippen LogP contribution in [0.25, 0.3) is 21.9 Å². The minimum Gasteiger partial charge on any atom is -0.456 e. The Kier molecular flexibility index (Phi) is 4.85. The monoisotopic (exact) mass is 499 g/mol. The molecule has 0 radical (unpaired) electrons. The molecule has 2 aliphatic rings. The van der Waals surface area contributed by atoms with Crippen LogP contribution in [0.1, 0.15) is 44.7 Å². The van der Waals surface area contributed by atoms with E-state index < -0.39 is 0 Å². The standard InChI is InChI=1S/C34H33N3O/c1-6-33(5)32-36(26-20-19-24-23-14-9-12-18-29(23)38-30(24)22(26)4)28-17-13-21-35-31(28)37(32)27-16-11-10-15-25(27)34(33,7-2)8-3/h7,9-21,32H,2,6,8H2,1,3-5H3. The molecular formula is C34H33N3O. The SMILES string of the molecule is C=CC1(CC)c2ccccc2N2c3ncccc3N(c3ccc4c(oc5ccccc54)c3C)C2C1(C)CC. The fourth-order valence-electron chi connectivity index (χ4n) is 7.56. The van der Waals surface area contributed by atoms with E-state index in [-0.39, 0.29) is 17.0 Å². The molecule has 190 valence electrons. The van der Waals surface area contributed by atoms with E-state index in [1.807, 2.05) is 12.3 Å². The van der Waals surface area contributed by atoms with Crippen LogP contribution < -0.4 is 9.80 Å². The second kappa shape index (κ2) is 7.97. The van der Waals surface area contributed by atoms with Crippen molar-refractivity contribution in [3.63, 3.8) is 0 Å². The molecule has 0 saturated heterocycles. The first-order chi connectivity index (χ1) is 18.5. The van der Waals surface area contributed by atoms with Gasteiger partial charge in [0.25, 0.3) is 0 Å². The molecule has 0 bridgehead atoms. The summed E-state index contributed by atoms with van der Waals surface area (Å²) in [7, 11) is 0. The van der Waals surface area contributed by atoms with Crippen LogP contribution in [0, 0.1) is 12.3 Å². The molecule has 3 aromatic carbocycles. The maximum Gasteiger partial charge on any atom is 0.158 e. The number of aromatic nitrogens is 1. The van der Waals surface area contributed by atoms with E-state index in [0.29, 0.717) is 0 Å². The molecule has 3 atom stereocenters. The lowest BCUT2D eigenvalue weighted by atomic mass is 9.54. The largest absolute Gasteiger partial charge is 0.456 e. The number of para-hydroxylation sites is 2. The summed E-state index contributed by atoms with van der Waals surface area (Å²) in [6.45, 7) is 13.7. The number of nitrogens with zero attached hydrogens (tertiary/aromatic N) is 3.